The van der Waals surface area contributed by atoms with Gasteiger partial charge in [0.05, 0.1) is 18.7 Å². The number of halogens is 2. The second-order valence-corrected chi connectivity index (χ2v) is 7.56. The molecule has 0 radical (unpaired) electrons. The van der Waals surface area contributed by atoms with Gasteiger partial charge in [-0.2, -0.15) is 0 Å². The van der Waals surface area contributed by atoms with Gasteiger partial charge in [0.2, 0.25) is 0 Å². The molecule has 0 unspecified atom stereocenters. The monoisotopic (exact) mass is 528 g/mol. The van der Waals surface area contributed by atoms with E-state index in [1.807, 2.05) is 25.1 Å². The molecule has 0 N–H and O–H groups in total. The molecule has 4 nitrogen and oxygen atoms in total. The van der Waals surface area contributed by atoms with Crippen molar-refractivity contribution in [2.75, 3.05) is 20.7 Å². The lowest BCUT2D eigenvalue weighted by Crippen LogP contribution is -2.23. The number of nitrogens with zero attached hydrogens (tertiary/aromatic N) is 2. The van der Waals surface area contributed by atoms with Crippen molar-refractivity contribution in [3.63, 3.8) is 0 Å². The second kappa shape index (κ2) is 7.32. The Hall–Kier alpha value is -0.290. The zero-order valence-corrected chi connectivity index (χ0v) is 16.9. The molecule has 0 spiro atoms. The van der Waals surface area contributed by atoms with E-state index in [4.69, 9.17) is 4.74 Å². The van der Waals surface area contributed by atoms with E-state index in [1.165, 1.54) is 11.8 Å². The number of carbonyl (C=O) groups excluding carboxylic acids is 1. The smallest absolute Gasteiger partial charge is 0.266 e. The maximum Gasteiger partial charge on any atom is 0.266 e. The maximum absolute atomic E-state index is 12.1. The van der Waals surface area contributed by atoms with Crippen LogP contribution in [0.2, 0.25) is 0 Å². The first-order chi connectivity index (χ1) is 9.97. The van der Waals surface area contributed by atoms with Crippen LogP contribution in [0.4, 0.5) is 0 Å². The normalized spacial score (nSPS) is 18.9. The summed E-state index contributed by atoms with van der Waals surface area (Å²) in [5, 5.41) is 0.724. The minimum Gasteiger partial charge on any atom is -0.492 e. The number of hydrogen-bond acceptors (Lipinski definition) is 4. The molecule has 0 aromatic heterocycles. The van der Waals surface area contributed by atoms with Gasteiger partial charge in [-0.1, -0.05) is 0 Å². The molecular weight excluding hydrogens is 514 g/mol. The van der Waals surface area contributed by atoms with Gasteiger partial charge < -0.3 is 4.74 Å². The highest BCUT2D eigenvalue weighted by Crippen LogP contribution is 2.34. The van der Waals surface area contributed by atoms with Gasteiger partial charge in [0.1, 0.15) is 5.75 Å². The molecule has 7 heteroatoms. The van der Waals surface area contributed by atoms with Crippen LogP contribution in [-0.4, -0.2) is 36.7 Å². The number of ether oxygens (including phenoxy) is 1. The van der Waals surface area contributed by atoms with Crippen LogP contribution in [0, 0.1) is 7.14 Å². The topological polar surface area (TPSA) is 41.9 Å². The molecule has 112 valence electrons. The number of rotatable bonds is 3. The van der Waals surface area contributed by atoms with Crippen LogP contribution < -0.4 is 4.74 Å². The Labute approximate surface area is 155 Å². The van der Waals surface area contributed by atoms with Crippen molar-refractivity contribution in [3.05, 3.63) is 29.7 Å². The lowest BCUT2D eigenvalue weighted by atomic mass is 10.2. The Balaban J connectivity index is 2.36. The van der Waals surface area contributed by atoms with Crippen molar-refractivity contribution in [3.8, 4) is 5.75 Å². The Morgan fingerprint density at radius 2 is 2.00 bits per heavy atom. The fourth-order valence-corrected chi connectivity index (χ4v) is 4.90. The Morgan fingerprint density at radius 3 is 2.48 bits per heavy atom. The van der Waals surface area contributed by atoms with Gasteiger partial charge in [-0.15, -0.1) is 0 Å². The minimum atomic E-state index is -0.0144. The van der Waals surface area contributed by atoms with Crippen molar-refractivity contribution in [2.45, 2.75) is 6.92 Å². The van der Waals surface area contributed by atoms with Crippen molar-refractivity contribution in [1.82, 2.24) is 4.90 Å². The fraction of sp³-hybridized carbons (Fsp3) is 0.286. The van der Waals surface area contributed by atoms with Crippen LogP contribution in [0.5, 0.6) is 5.75 Å². The van der Waals surface area contributed by atoms with E-state index in [1.54, 1.807) is 19.0 Å². The predicted octanol–water partition coefficient (Wildman–Crippen LogP) is 3.83. The minimum absolute atomic E-state index is 0.0144. The summed E-state index contributed by atoms with van der Waals surface area (Å²) in [4.78, 5) is 18.5. The zero-order chi connectivity index (χ0) is 15.6. The molecule has 1 heterocycles. The highest BCUT2D eigenvalue weighted by atomic mass is 127. The van der Waals surface area contributed by atoms with Gasteiger partial charge in [-0.3, -0.25) is 14.7 Å². The molecule has 1 aliphatic rings. The molecular formula is C14H14I2N2O2S. The maximum atomic E-state index is 12.1. The zero-order valence-electron chi connectivity index (χ0n) is 11.8. The van der Waals surface area contributed by atoms with Crippen LogP contribution in [-0.2, 0) is 4.79 Å². The predicted molar refractivity (Wildman–Crippen MR) is 105 cm³/mol. The first-order valence-corrected chi connectivity index (χ1v) is 9.21. The highest BCUT2D eigenvalue weighted by Gasteiger charge is 2.29. The molecule has 1 saturated heterocycles. The number of likely N-dealkylation sites (N-methyl/N-ethyl adjacent to an activating group) is 1. The first kappa shape index (κ1) is 17.1. The number of thioether (sulfide) groups is 1. The average molecular weight is 528 g/mol. The van der Waals surface area contributed by atoms with E-state index in [2.05, 4.69) is 50.2 Å². The molecule has 0 bridgehead atoms. The third-order valence-electron chi connectivity index (χ3n) is 2.80. The number of aliphatic imine (C=N–C) groups is 1. The van der Waals surface area contributed by atoms with Gasteiger partial charge in [-0.05, 0) is 87.6 Å². The van der Waals surface area contributed by atoms with Gasteiger partial charge in [0.25, 0.3) is 5.91 Å². The Kier molecular flexibility index (Phi) is 5.95. The van der Waals surface area contributed by atoms with E-state index < -0.39 is 0 Å². The molecule has 1 aromatic rings. The summed E-state index contributed by atoms with van der Waals surface area (Å²) in [7, 11) is 3.43. The van der Waals surface area contributed by atoms with Crippen LogP contribution >= 0.6 is 56.9 Å². The van der Waals surface area contributed by atoms with Crippen LogP contribution in [0.25, 0.3) is 6.08 Å². The fourth-order valence-electron chi connectivity index (χ4n) is 1.85. The molecule has 1 fully saturated rings. The number of amides is 1. The number of carbonyl (C=O) groups is 1. The van der Waals surface area contributed by atoms with E-state index in [0.29, 0.717) is 11.5 Å². The third-order valence-corrected chi connectivity index (χ3v) is 5.56. The molecule has 2 rings (SSSR count). The SMILES string of the molecule is CCOc1c(I)cc(/C=C2/SC(=NC)N(C)C2=O)cc1I. The number of benzene rings is 1. The van der Waals surface area contributed by atoms with E-state index in [-0.39, 0.29) is 5.91 Å². The molecule has 1 amide bonds. The first-order valence-electron chi connectivity index (χ1n) is 6.24. The molecule has 21 heavy (non-hydrogen) atoms. The van der Waals surface area contributed by atoms with E-state index in [0.717, 1.165) is 23.6 Å². The highest BCUT2D eigenvalue weighted by molar-refractivity contribution is 14.1. The number of amidine groups is 1. The van der Waals surface area contributed by atoms with Crippen LogP contribution in [0.15, 0.2) is 22.0 Å². The van der Waals surface area contributed by atoms with Crippen molar-refractivity contribution >= 4 is 74.1 Å². The lowest BCUT2D eigenvalue weighted by molar-refractivity contribution is -0.121. The standard InChI is InChI=1S/C14H14I2N2O2S/c1-4-20-12-9(15)5-8(6-10(12)16)7-11-13(19)18(3)14(17-2)21-11/h5-7H,4H2,1-3H3/b11-7+,17-14?. The molecule has 0 aliphatic carbocycles. The summed E-state index contributed by atoms with van der Waals surface area (Å²) in [6, 6.07) is 4.05. The summed E-state index contributed by atoms with van der Waals surface area (Å²) in [5.74, 6) is 0.888. The van der Waals surface area contributed by atoms with Crippen LogP contribution in [0.3, 0.4) is 0 Å². The third kappa shape index (κ3) is 3.73. The lowest BCUT2D eigenvalue weighted by Gasteiger charge is -2.09. The molecule has 1 aliphatic heterocycles. The quantitative estimate of drug-likeness (QED) is 0.443. The largest absolute Gasteiger partial charge is 0.492 e. The summed E-state index contributed by atoms with van der Waals surface area (Å²) >= 11 is 5.91. The second-order valence-electron chi connectivity index (χ2n) is 4.23. The van der Waals surface area contributed by atoms with Gasteiger partial charge in [0, 0.05) is 14.1 Å². The number of hydrogen-bond donors (Lipinski definition) is 0. The van der Waals surface area contributed by atoms with Crippen molar-refractivity contribution in [1.29, 1.82) is 0 Å². The van der Waals surface area contributed by atoms with Crippen molar-refractivity contribution in [2.24, 2.45) is 4.99 Å². The average Bonchev–Trinajstić information content (AvgIpc) is 2.71. The van der Waals surface area contributed by atoms with Gasteiger partial charge >= 0.3 is 0 Å². The van der Waals surface area contributed by atoms with E-state index >= 15 is 0 Å². The van der Waals surface area contributed by atoms with Crippen LogP contribution in [0.1, 0.15) is 12.5 Å². The van der Waals surface area contributed by atoms with Crippen molar-refractivity contribution < 1.29 is 9.53 Å². The summed E-state index contributed by atoms with van der Waals surface area (Å²) < 4.78 is 7.72. The summed E-state index contributed by atoms with van der Waals surface area (Å²) in [6.45, 7) is 2.61. The van der Waals surface area contributed by atoms with Gasteiger partial charge in [0.15, 0.2) is 5.17 Å². The Bertz CT molecular complexity index is 621. The summed E-state index contributed by atoms with van der Waals surface area (Å²) in [5.41, 5.74) is 0.994. The van der Waals surface area contributed by atoms with Gasteiger partial charge in [-0.25, -0.2) is 0 Å². The molecule has 1 aromatic carbocycles. The molecule has 0 atom stereocenters. The Morgan fingerprint density at radius 1 is 1.38 bits per heavy atom. The van der Waals surface area contributed by atoms with E-state index in [9.17, 15) is 4.79 Å². The molecule has 0 saturated carbocycles. The summed E-state index contributed by atoms with van der Waals surface area (Å²) in [6.07, 6.45) is 1.90.